The topological polar surface area (TPSA) is 38.3 Å². The molecule has 1 amide bonds. The number of amides is 1. The van der Waals surface area contributed by atoms with Crippen molar-refractivity contribution in [2.24, 2.45) is 0 Å². The second kappa shape index (κ2) is 7.85. The first kappa shape index (κ1) is 16.4. The summed E-state index contributed by atoms with van der Waals surface area (Å²) in [4.78, 5) is 12.3. The molecule has 0 bridgehead atoms. The van der Waals surface area contributed by atoms with E-state index in [-0.39, 0.29) is 11.9 Å². The van der Waals surface area contributed by atoms with Crippen LogP contribution in [0.5, 0.6) is 5.75 Å². The minimum absolute atomic E-state index is 0.121. The summed E-state index contributed by atoms with van der Waals surface area (Å²) in [5, 5.41) is 3.61. The van der Waals surface area contributed by atoms with Gasteiger partial charge in [0.1, 0.15) is 12.4 Å². The van der Waals surface area contributed by atoms with Crippen LogP contribution in [0, 0.1) is 0 Å². The second-order valence-electron chi connectivity index (χ2n) is 5.16. The molecule has 2 aromatic rings. The molecule has 2 aromatic carbocycles. The second-order valence-corrected chi connectivity index (χ2v) is 5.57. The lowest BCUT2D eigenvalue weighted by molar-refractivity contribution is 0.0934. The van der Waals surface area contributed by atoms with Crippen molar-refractivity contribution in [2.45, 2.75) is 32.9 Å². The molecule has 1 N–H and O–H groups in total. The molecule has 0 saturated heterocycles. The minimum atomic E-state index is -0.121. The first-order valence-electron chi connectivity index (χ1n) is 7.38. The van der Waals surface area contributed by atoms with Crippen LogP contribution in [-0.4, -0.2) is 11.9 Å². The number of hydrogen-bond acceptors (Lipinski definition) is 2. The van der Waals surface area contributed by atoms with E-state index >= 15 is 0 Å². The van der Waals surface area contributed by atoms with Gasteiger partial charge >= 0.3 is 0 Å². The van der Waals surface area contributed by atoms with Gasteiger partial charge in [-0.05, 0) is 31.5 Å². The molecule has 0 aliphatic carbocycles. The Morgan fingerprint density at radius 3 is 2.59 bits per heavy atom. The maximum absolute atomic E-state index is 12.3. The zero-order valence-corrected chi connectivity index (χ0v) is 13.6. The molecule has 4 heteroatoms. The summed E-state index contributed by atoms with van der Waals surface area (Å²) in [7, 11) is 0. The predicted molar refractivity (Wildman–Crippen MR) is 89.4 cm³/mol. The molecule has 0 aliphatic rings. The van der Waals surface area contributed by atoms with Crippen LogP contribution < -0.4 is 10.1 Å². The van der Waals surface area contributed by atoms with Gasteiger partial charge in [0.15, 0.2) is 0 Å². The fourth-order valence-electron chi connectivity index (χ4n) is 1.95. The van der Waals surface area contributed by atoms with Gasteiger partial charge in [0.2, 0.25) is 0 Å². The van der Waals surface area contributed by atoms with Crippen molar-refractivity contribution in [1.29, 1.82) is 0 Å². The number of rotatable bonds is 6. The first-order chi connectivity index (χ1) is 10.6. The third-order valence-corrected chi connectivity index (χ3v) is 3.83. The monoisotopic (exact) mass is 317 g/mol. The molecule has 1 atom stereocenters. The Balaban J connectivity index is 2.11. The van der Waals surface area contributed by atoms with Crippen molar-refractivity contribution in [3.63, 3.8) is 0 Å². The normalized spacial score (nSPS) is 11.8. The molecule has 0 unspecified atom stereocenters. The van der Waals surface area contributed by atoms with Gasteiger partial charge in [-0.1, -0.05) is 48.9 Å². The zero-order valence-electron chi connectivity index (χ0n) is 12.8. The number of hydrogen-bond donors (Lipinski definition) is 1. The Morgan fingerprint density at radius 1 is 1.18 bits per heavy atom. The van der Waals surface area contributed by atoms with Gasteiger partial charge in [-0.25, -0.2) is 0 Å². The quantitative estimate of drug-likeness (QED) is 0.855. The maximum atomic E-state index is 12.3. The summed E-state index contributed by atoms with van der Waals surface area (Å²) >= 11 is 6.12. The molecular weight excluding hydrogens is 298 g/mol. The van der Waals surface area contributed by atoms with Gasteiger partial charge < -0.3 is 10.1 Å². The molecule has 0 saturated carbocycles. The average Bonchev–Trinajstić information content (AvgIpc) is 2.54. The molecule has 0 aliphatic heterocycles. The van der Waals surface area contributed by atoms with E-state index in [9.17, 15) is 4.79 Å². The molecule has 2 rings (SSSR count). The summed E-state index contributed by atoms with van der Waals surface area (Å²) in [6, 6.07) is 14.9. The SMILES string of the molecule is CC[C@@H](C)NC(=O)c1ccccc1OCc1ccccc1Cl. The lowest BCUT2D eigenvalue weighted by atomic mass is 10.1. The largest absolute Gasteiger partial charge is 0.488 e. The van der Waals surface area contributed by atoms with Crippen molar-refractivity contribution in [3.8, 4) is 5.75 Å². The number of halogens is 1. The third kappa shape index (κ3) is 4.25. The van der Waals surface area contributed by atoms with E-state index < -0.39 is 0 Å². The highest BCUT2D eigenvalue weighted by molar-refractivity contribution is 6.31. The maximum Gasteiger partial charge on any atom is 0.255 e. The lowest BCUT2D eigenvalue weighted by Gasteiger charge is -2.15. The van der Waals surface area contributed by atoms with Crippen LogP contribution in [0.2, 0.25) is 5.02 Å². The predicted octanol–water partition coefficient (Wildman–Crippen LogP) is 4.45. The van der Waals surface area contributed by atoms with E-state index in [1.807, 2.05) is 50.2 Å². The standard InChI is InChI=1S/C18H20ClNO2/c1-3-13(2)20-18(21)15-9-5-7-11-17(15)22-12-14-8-4-6-10-16(14)19/h4-11,13H,3,12H2,1-2H3,(H,20,21)/t13-/m1/s1. The van der Waals surface area contributed by atoms with Gasteiger partial charge in [-0.2, -0.15) is 0 Å². The minimum Gasteiger partial charge on any atom is -0.488 e. The van der Waals surface area contributed by atoms with E-state index in [2.05, 4.69) is 5.32 Å². The third-order valence-electron chi connectivity index (χ3n) is 3.46. The Bertz CT molecular complexity index is 642. The zero-order chi connectivity index (χ0) is 15.9. The molecule has 0 radical (unpaired) electrons. The number of carbonyl (C=O) groups excluding carboxylic acids is 1. The van der Waals surface area contributed by atoms with Crippen LogP contribution >= 0.6 is 11.6 Å². The Labute approximate surface area is 136 Å². The van der Waals surface area contributed by atoms with E-state index in [1.54, 1.807) is 12.1 Å². The molecule has 116 valence electrons. The molecule has 22 heavy (non-hydrogen) atoms. The lowest BCUT2D eigenvalue weighted by Crippen LogP contribution is -2.32. The molecule has 0 spiro atoms. The van der Waals surface area contributed by atoms with Crippen molar-refractivity contribution in [2.75, 3.05) is 0 Å². The summed E-state index contributed by atoms with van der Waals surface area (Å²) < 4.78 is 5.80. The number of benzene rings is 2. The summed E-state index contributed by atoms with van der Waals surface area (Å²) in [6.07, 6.45) is 0.883. The van der Waals surface area contributed by atoms with Crippen LogP contribution in [0.3, 0.4) is 0 Å². The molecule has 0 heterocycles. The van der Waals surface area contributed by atoms with Crippen LogP contribution in [-0.2, 0) is 6.61 Å². The number of nitrogens with one attached hydrogen (secondary N) is 1. The first-order valence-corrected chi connectivity index (χ1v) is 7.75. The van der Waals surface area contributed by atoms with Gasteiger partial charge in [0, 0.05) is 16.6 Å². The highest BCUT2D eigenvalue weighted by atomic mass is 35.5. The van der Waals surface area contributed by atoms with Crippen LogP contribution in [0.1, 0.15) is 36.2 Å². The molecule has 0 fully saturated rings. The highest BCUT2D eigenvalue weighted by Crippen LogP contribution is 2.22. The van der Waals surface area contributed by atoms with Gasteiger partial charge in [0.05, 0.1) is 5.56 Å². The van der Waals surface area contributed by atoms with E-state index in [0.29, 0.717) is 22.9 Å². The van der Waals surface area contributed by atoms with Gasteiger partial charge in [0.25, 0.3) is 5.91 Å². The smallest absolute Gasteiger partial charge is 0.255 e. The van der Waals surface area contributed by atoms with E-state index in [0.717, 1.165) is 12.0 Å². The van der Waals surface area contributed by atoms with Crippen molar-refractivity contribution in [3.05, 3.63) is 64.7 Å². The van der Waals surface area contributed by atoms with E-state index in [4.69, 9.17) is 16.3 Å². The average molecular weight is 318 g/mol. The number of para-hydroxylation sites is 1. The summed E-state index contributed by atoms with van der Waals surface area (Å²) in [6.45, 7) is 4.34. The summed E-state index contributed by atoms with van der Waals surface area (Å²) in [5.74, 6) is 0.437. The fraction of sp³-hybridized carbons (Fsp3) is 0.278. The fourth-order valence-corrected chi connectivity index (χ4v) is 2.14. The van der Waals surface area contributed by atoms with Crippen LogP contribution in [0.4, 0.5) is 0 Å². The van der Waals surface area contributed by atoms with Crippen LogP contribution in [0.15, 0.2) is 48.5 Å². The van der Waals surface area contributed by atoms with Crippen molar-refractivity contribution >= 4 is 17.5 Å². The van der Waals surface area contributed by atoms with Gasteiger partial charge in [-0.15, -0.1) is 0 Å². The van der Waals surface area contributed by atoms with Crippen molar-refractivity contribution < 1.29 is 9.53 Å². The van der Waals surface area contributed by atoms with Gasteiger partial charge in [-0.3, -0.25) is 4.79 Å². The Kier molecular flexibility index (Phi) is 5.84. The van der Waals surface area contributed by atoms with Crippen LogP contribution in [0.25, 0.3) is 0 Å². The Morgan fingerprint density at radius 2 is 1.86 bits per heavy atom. The van der Waals surface area contributed by atoms with Crippen molar-refractivity contribution in [1.82, 2.24) is 5.32 Å². The Hall–Kier alpha value is -2.00. The van der Waals surface area contributed by atoms with E-state index in [1.165, 1.54) is 0 Å². The molecular formula is C18H20ClNO2. The molecule has 0 aromatic heterocycles. The number of ether oxygens (including phenoxy) is 1. The molecule has 3 nitrogen and oxygen atoms in total. The highest BCUT2D eigenvalue weighted by Gasteiger charge is 2.14. The summed E-state index contributed by atoms with van der Waals surface area (Å²) in [5.41, 5.74) is 1.43. The number of carbonyl (C=O) groups is 1.